The van der Waals surface area contributed by atoms with E-state index in [1.165, 1.54) is 25.3 Å². The first-order valence-electron chi connectivity index (χ1n) is 18.7. The molecule has 292 valence electrons. The topological polar surface area (TPSA) is 112 Å². The molecule has 0 unspecified atom stereocenters. The van der Waals surface area contributed by atoms with Gasteiger partial charge in [0.15, 0.2) is 24.2 Å². The number of nitrogens with zero attached hydrogens (tertiary/aromatic N) is 6. The number of hydrogen-bond donors (Lipinski definition) is 0. The fourth-order valence-electron chi connectivity index (χ4n) is 9.32. The zero-order valence-electron chi connectivity index (χ0n) is 31.0. The van der Waals surface area contributed by atoms with Crippen LogP contribution in [0.25, 0.3) is 32.9 Å². The summed E-state index contributed by atoms with van der Waals surface area (Å²) in [5, 5.41) is 0.197. The number of piperazine rings is 1. The van der Waals surface area contributed by atoms with Crippen LogP contribution in [0, 0.1) is 17.5 Å². The lowest BCUT2D eigenvalue weighted by Crippen LogP contribution is -2.63. The Hall–Kier alpha value is -4.70. The van der Waals surface area contributed by atoms with Crippen LogP contribution in [0.5, 0.6) is 17.6 Å². The summed E-state index contributed by atoms with van der Waals surface area (Å²) in [5.74, 6) is -2.76. The molecule has 0 spiro atoms. The molecule has 55 heavy (non-hydrogen) atoms. The maximum Gasteiger partial charge on any atom is 0.410 e. The second-order valence-electron chi connectivity index (χ2n) is 16.2. The van der Waals surface area contributed by atoms with E-state index in [0.717, 1.165) is 25.5 Å². The molecule has 7 heterocycles. The van der Waals surface area contributed by atoms with Crippen LogP contribution in [-0.4, -0.2) is 113 Å². The fourth-order valence-corrected chi connectivity index (χ4v) is 9.32. The van der Waals surface area contributed by atoms with Crippen LogP contribution in [-0.2, 0) is 9.47 Å². The van der Waals surface area contributed by atoms with Gasteiger partial charge in [0.1, 0.15) is 53.2 Å². The van der Waals surface area contributed by atoms with E-state index >= 15 is 8.78 Å². The molecule has 2 aromatic heterocycles. The first-order chi connectivity index (χ1) is 26.3. The van der Waals surface area contributed by atoms with Crippen LogP contribution in [0.15, 0.2) is 24.3 Å². The molecular weight excluding hydrogens is 724 g/mol. The zero-order valence-corrected chi connectivity index (χ0v) is 31.0. The number of hydrogen-bond acceptors (Lipinski definition) is 11. The Morgan fingerprint density at radius 3 is 2.65 bits per heavy atom. The van der Waals surface area contributed by atoms with Crippen LogP contribution in [0.2, 0.25) is 0 Å². The minimum absolute atomic E-state index is 0.0214. The van der Waals surface area contributed by atoms with Crippen molar-refractivity contribution in [3.63, 3.8) is 0 Å². The van der Waals surface area contributed by atoms with Crippen molar-refractivity contribution in [1.29, 1.82) is 0 Å². The Labute approximate surface area is 314 Å². The molecule has 0 aliphatic carbocycles. The molecule has 16 heteroatoms. The number of benzene rings is 2. The van der Waals surface area contributed by atoms with E-state index in [1.807, 2.05) is 25.7 Å². The summed E-state index contributed by atoms with van der Waals surface area (Å²) in [7, 11) is 1.43. The zero-order chi connectivity index (χ0) is 38.4. The number of anilines is 1. The van der Waals surface area contributed by atoms with Gasteiger partial charge >= 0.3 is 12.1 Å². The average Bonchev–Trinajstić information content (AvgIpc) is 3.75. The number of methoxy groups -OCH3 is 1. The van der Waals surface area contributed by atoms with Crippen molar-refractivity contribution in [3.05, 3.63) is 41.7 Å². The largest absolute Gasteiger partial charge is 0.475 e. The Kier molecular flexibility index (Phi) is 8.64. The van der Waals surface area contributed by atoms with E-state index in [2.05, 4.69) is 14.9 Å². The van der Waals surface area contributed by atoms with Gasteiger partial charge in [0.2, 0.25) is 5.88 Å². The number of alkyl halides is 1. The standard InChI is InChI=1S/C39H42F4N6O6/c1-38(2,3)55-37(50)49-22-7-9-26(49)27-17-52-35-29-33(45-36(46-34(29)48(27)16-22)53-18-39-10-5-11-47(39)15-21(40)14-39)31(43)32(44-35)24-13-23(54-19-51-4)12-20-6-8-25(41)30(42)28(20)24/h6,8,12-13,21-22,26-27H,5,7,9-11,14-19H2,1-4H3/t21-,22-,26+,27-,39+/m1/s1. The van der Waals surface area contributed by atoms with Crippen LogP contribution in [0.1, 0.15) is 52.9 Å². The monoisotopic (exact) mass is 766 g/mol. The van der Waals surface area contributed by atoms with Crippen molar-refractivity contribution >= 4 is 33.6 Å². The summed E-state index contributed by atoms with van der Waals surface area (Å²) >= 11 is 0. The van der Waals surface area contributed by atoms with Gasteiger partial charge in [-0.2, -0.15) is 9.97 Å². The number of pyridine rings is 1. The number of halogens is 4. The summed E-state index contributed by atoms with van der Waals surface area (Å²) in [4.78, 5) is 33.5. The summed E-state index contributed by atoms with van der Waals surface area (Å²) in [6.45, 7) is 6.84. The maximum atomic E-state index is 17.4. The van der Waals surface area contributed by atoms with E-state index in [4.69, 9.17) is 28.7 Å². The number of carbonyl (C=O) groups excluding carboxylic acids is 1. The van der Waals surface area contributed by atoms with Crippen LogP contribution in [0.4, 0.5) is 28.2 Å². The van der Waals surface area contributed by atoms with Crippen LogP contribution >= 0.6 is 0 Å². The van der Waals surface area contributed by atoms with Gasteiger partial charge in [-0.3, -0.25) is 9.80 Å². The third-order valence-electron chi connectivity index (χ3n) is 11.6. The Morgan fingerprint density at radius 1 is 1.02 bits per heavy atom. The van der Waals surface area contributed by atoms with Gasteiger partial charge in [0.25, 0.3) is 0 Å². The van der Waals surface area contributed by atoms with E-state index in [1.54, 1.807) is 4.90 Å². The minimum Gasteiger partial charge on any atom is -0.475 e. The molecule has 5 aliphatic rings. The van der Waals surface area contributed by atoms with Crippen LogP contribution < -0.4 is 19.1 Å². The molecule has 0 saturated carbocycles. The van der Waals surface area contributed by atoms with Crippen molar-refractivity contribution in [2.24, 2.45) is 0 Å². The smallest absolute Gasteiger partial charge is 0.410 e. The number of amides is 1. The first kappa shape index (κ1) is 36.0. The highest BCUT2D eigenvalue weighted by Crippen LogP contribution is 2.47. The van der Waals surface area contributed by atoms with Crippen molar-refractivity contribution < 1.29 is 46.0 Å². The highest BCUT2D eigenvalue weighted by Gasteiger charge is 2.52. The molecular formula is C39H42F4N6O6. The average molecular weight is 767 g/mol. The second kappa shape index (κ2) is 13.2. The Balaban J connectivity index is 1.20. The SMILES string of the molecule is COCOc1cc(-c2nc3c4c(nc(OC[C@@]56CCCN5C[C@H](F)C6)nc4c2F)N2C[C@H]4CC[C@@H]([C@H]2CO3)N4C(=O)OC(C)(C)C)c2c(F)c(F)ccc2c1. The second-order valence-corrected chi connectivity index (χ2v) is 16.2. The Bertz CT molecular complexity index is 2210. The van der Waals surface area contributed by atoms with E-state index in [-0.39, 0.29) is 82.7 Å². The van der Waals surface area contributed by atoms with Crippen molar-refractivity contribution in [2.45, 2.75) is 88.3 Å². The minimum atomic E-state index is -1.19. The van der Waals surface area contributed by atoms with E-state index in [0.29, 0.717) is 38.2 Å². The molecule has 4 aromatic rings. The van der Waals surface area contributed by atoms with Crippen molar-refractivity contribution in [1.82, 2.24) is 24.8 Å². The maximum absolute atomic E-state index is 17.4. The third-order valence-corrected chi connectivity index (χ3v) is 11.6. The lowest BCUT2D eigenvalue weighted by atomic mass is 9.95. The fraction of sp³-hybridized carbons (Fsp3) is 0.538. The molecule has 2 bridgehead atoms. The number of fused-ring (bicyclic) bond motifs is 7. The van der Waals surface area contributed by atoms with Gasteiger partial charge in [-0.25, -0.2) is 27.3 Å². The predicted octanol–water partition coefficient (Wildman–Crippen LogP) is 6.55. The molecule has 2 aromatic carbocycles. The normalized spacial score (nSPS) is 25.9. The molecule has 4 saturated heterocycles. The summed E-state index contributed by atoms with van der Waals surface area (Å²) in [6, 6.07) is 4.09. The summed E-state index contributed by atoms with van der Waals surface area (Å²) in [6.07, 6.45) is 1.92. The van der Waals surface area contributed by atoms with Gasteiger partial charge < -0.3 is 28.6 Å². The van der Waals surface area contributed by atoms with E-state index in [9.17, 15) is 13.6 Å². The quantitative estimate of drug-likeness (QED) is 0.151. The first-order valence-corrected chi connectivity index (χ1v) is 18.7. The Morgan fingerprint density at radius 2 is 1.85 bits per heavy atom. The molecule has 0 radical (unpaired) electrons. The molecule has 4 fully saturated rings. The van der Waals surface area contributed by atoms with Gasteiger partial charge in [0, 0.05) is 37.6 Å². The highest BCUT2D eigenvalue weighted by molar-refractivity contribution is 6.02. The number of aromatic nitrogens is 3. The van der Waals surface area contributed by atoms with Gasteiger partial charge in [0.05, 0.1) is 23.7 Å². The van der Waals surface area contributed by atoms with Crippen molar-refractivity contribution in [2.75, 3.05) is 51.7 Å². The van der Waals surface area contributed by atoms with Gasteiger partial charge in [-0.1, -0.05) is 6.07 Å². The number of ether oxygens (including phenoxy) is 5. The lowest BCUT2D eigenvalue weighted by Gasteiger charge is -2.46. The lowest BCUT2D eigenvalue weighted by molar-refractivity contribution is 0.00537. The molecule has 9 rings (SSSR count). The number of rotatable bonds is 7. The highest BCUT2D eigenvalue weighted by atomic mass is 19.2. The third kappa shape index (κ3) is 6.03. The van der Waals surface area contributed by atoms with Crippen molar-refractivity contribution in [3.8, 4) is 28.9 Å². The molecule has 1 amide bonds. The van der Waals surface area contributed by atoms with Gasteiger partial charge in [-0.15, -0.1) is 0 Å². The molecule has 5 atom stereocenters. The van der Waals surface area contributed by atoms with Crippen LogP contribution in [0.3, 0.4) is 0 Å². The predicted molar refractivity (Wildman–Crippen MR) is 193 cm³/mol. The molecule has 5 aliphatic heterocycles. The summed E-state index contributed by atoms with van der Waals surface area (Å²) < 4.78 is 91.8. The summed E-state index contributed by atoms with van der Waals surface area (Å²) in [5.41, 5.74) is -1.90. The van der Waals surface area contributed by atoms with Gasteiger partial charge in [-0.05, 0) is 76.6 Å². The number of carbonyl (C=O) groups is 1. The molecule has 0 N–H and O–H groups in total. The molecule has 12 nitrogen and oxygen atoms in total. The van der Waals surface area contributed by atoms with E-state index < -0.39 is 46.9 Å².